The summed E-state index contributed by atoms with van der Waals surface area (Å²) in [7, 11) is 0. The molecule has 16 heavy (non-hydrogen) atoms. The van der Waals surface area contributed by atoms with Gasteiger partial charge in [-0.05, 0) is 12.0 Å². The first-order valence-electron chi connectivity index (χ1n) is 5.55. The number of rotatable bonds is 4. The van der Waals surface area contributed by atoms with E-state index in [1.54, 1.807) is 5.06 Å². The quantitative estimate of drug-likeness (QED) is 0.820. The van der Waals surface area contributed by atoms with Gasteiger partial charge in [0.2, 0.25) is 0 Å². The van der Waals surface area contributed by atoms with E-state index >= 15 is 0 Å². The minimum Gasteiger partial charge on any atom is -0.367 e. The predicted molar refractivity (Wildman–Crippen MR) is 60.4 cm³/mol. The molecule has 1 fully saturated rings. The Kier molecular flexibility index (Phi) is 3.91. The first-order valence-corrected chi connectivity index (χ1v) is 5.55. The second-order valence-electron chi connectivity index (χ2n) is 3.81. The van der Waals surface area contributed by atoms with E-state index < -0.39 is 0 Å². The summed E-state index contributed by atoms with van der Waals surface area (Å²) in [6.07, 6.45) is 1.17. The van der Waals surface area contributed by atoms with Gasteiger partial charge in [-0.15, -0.1) is 5.06 Å². The van der Waals surface area contributed by atoms with Crippen LogP contribution in [-0.4, -0.2) is 30.8 Å². The molecule has 0 bridgehead atoms. The van der Waals surface area contributed by atoms with Crippen molar-refractivity contribution in [2.24, 2.45) is 0 Å². The molecule has 0 amide bonds. The lowest BCUT2D eigenvalue weighted by Crippen LogP contribution is -2.26. The van der Waals surface area contributed by atoms with E-state index in [-0.39, 0.29) is 5.97 Å². The highest BCUT2D eigenvalue weighted by molar-refractivity contribution is 5.69. The van der Waals surface area contributed by atoms with Crippen LogP contribution >= 0.6 is 0 Å². The molecule has 1 saturated heterocycles. The number of carbonyl (C=O) groups excluding carboxylic acids is 1. The van der Waals surface area contributed by atoms with Crippen LogP contribution in [0.5, 0.6) is 0 Å². The van der Waals surface area contributed by atoms with E-state index in [9.17, 15) is 4.79 Å². The van der Waals surface area contributed by atoms with Crippen LogP contribution in [0.25, 0.3) is 0 Å². The van der Waals surface area contributed by atoms with E-state index in [1.165, 1.54) is 5.56 Å². The number of benzene rings is 1. The van der Waals surface area contributed by atoms with Gasteiger partial charge in [0.15, 0.2) is 0 Å². The first kappa shape index (κ1) is 11.1. The van der Waals surface area contributed by atoms with E-state index in [0.29, 0.717) is 13.1 Å². The topological polar surface area (TPSA) is 41.6 Å². The van der Waals surface area contributed by atoms with Gasteiger partial charge < -0.3 is 10.2 Å². The number of nitrogens with zero attached hydrogens (tertiary/aromatic N) is 1. The summed E-state index contributed by atoms with van der Waals surface area (Å²) in [5.74, 6) is -0.160. The molecule has 86 valence electrons. The van der Waals surface area contributed by atoms with E-state index in [1.807, 2.05) is 30.3 Å². The zero-order valence-electron chi connectivity index (χ0n) is 9.19. The number of hydrogen-bond donors (Lipinski definition) is 1. The Labute approximate surface area is 95.2 Å². The van der Waals surface area contributed by atoms with Crippen LogP contribution in [0.2, 0.25) is 0 Å². The zero-order chi connectivity index (χ0) is 11.2. The number of nitrogens with one attached hydrogen (secondary N) is 1. The molecule has 2 rings (SSSR count). The Hall–Kier alpha value is -1.39. The molecule has 1 heterocycles. The SMILES string of the molecule is O=C(CCc1ccccc1)ON1CCNC1. The van der Waals surface area contributed by atoms with Crippen LogP contribution in [0, 0.1) is 0 Å². The third-order valence-corrected chi connectivity index (χ3v) is 2.52. The summed E-state index contributed by atoms with van der Waals surface area (Å²) in [4.78, 5) is 16.6. The van der Waals surface area contributed by atoms with Crippen molar-refractivity contribution in [2.75, 3.05) is 19.8 Å². The third kappa shape index (κ3) is 3.32. The molecule has 1 aromatic rings. The minimum atomic E-state index is -0.160. The molecule has 4 heteroatoms. The molecule has 0 radical (unpaired) electrons. The van der Waals surface area contributed by atoms with Crippen LogP contribution < -0.4 is 5.32 Å². The Bertz CT molecular complexity index is 334. The molecule has 0 aliphatic carbocycles. The molecule has 1 aliphatic rings. The lowest BCUT2D eigenvalue weighted by atomic mass is 10.1. The monoisotopic (exact) mass is 220 g/mol. The second-order valence-corrected chi connectivity index (χ2v) is 3.81. The largest absolute Gasteiger partial charge is 0.367 e. The fourth-order valence-corrected chi connectivity index (χ4v) is 1.65. The fraction of sp³-hybridized carbons (Fsp3) is 0.417. The smallest absolute Gasteiger partial charge is 0.325 e. The molecule has 0 aromatic heterocycles. The maximum atomic E-state index is 11.5. The number of hydroxylamine groups is 2. The standard InChI is InChI=1S/C12H16N2O2/c15-12(16-14-9-8-13-10-14)7-6-11-4-2-1-3-5-11/h1-5,13H,6-10H2. The average molecular weight is 220 g/mol. The number of carbonyl (C=O) groups is 1. The van der Waals surface area contributed by atoms with E-state index in [4.69, 9.17) is 4.84 Å². The van der Waals surface area contributed by atoms with Crippen LogP contribution in [-0.2, 0) is 16.1 Å². The van der Waals surface area contributed by atoms with Gasteiger partial charge in [0, 0.05) is 13.1 Å². The summed E-state index contributed by atoms with van der Waals surface area (Å²) in [6.45, 7) is 2.29. The van der Waals surface area contributed by atoms with Crippen molar-refractivity contribution in [3.8, 4) is 0 Å². The minimum absolute atomic E-state index is 0.160. The van der Waals surface area contributed by atoms with Gasteiger partial charge >= 0.3 is 5.97 Å². The number of hydrogen-bond acceptors (Lipinski definition) is 4. The van der Waals surface area contributed by atoms with Gasteiger partial charge in [0.1, 0.15) is 0 Å². The van der Waals surface area contributed by atoms with Crippen LogP contribution in [0.15, 0.2) is 30.3 Å². The maximum Gasteiger partial charge on any atom is 0.325 e. The first-order chi connectivity index (χ1) is 7.84. The van der Waals surface area contributed by atoms with E-state index in [0.717, 1.165) is 19.5 Å². The van der Waals surface area contributed by atoms with Crippen LogP contribution in [0.4, 0.5) is 0 Å². The molecular weight excluding hydrogens is 204 g/mol. The van der Waals surface area contributed by atoms with Gasteiger partial charge in [-0.2, -0.15) is 0 Å². The lowest BCUT2D eigenvalue weighted by molar-refractivity contribution is -0.185. The number of aryl methyl sites for hydroxylation is 1. The van der Waals surface area contributed by atoms with Crippen molar-refractivity contribution in [3.05, 3.63) is 35.9 Å². The Morgan fingerprint density at radius 2 is 2.19 bits per heavy atom. The van der Waals surface area contributed by atoms with E-state index in [2.05, 4.69) is 5.32 Å². The molecule has 0 unspecified atom stereocenters. The van der Waals surface area contributed by atoms with Crippen molar-refractivity contribution >= 4 is 5.97 Å². The van der Waals surface area contributed by atoms with Gasteiger partial charge in [-0.25, -0.2) is 0 Å². The molecular formula is C12H16N2O2. The second kappa shape index (κ2) is 5.63. The van der Waals surface area contributed by atoms with Crippen molar-refractivity contribution in [1.29, 1.82) is 0 Å². The molecule has 1 aliphatic heterocycles. The van der Waals surface area contributed by atoms with Crippen molar-refractivity contribution in [3.63, 3.8) is 0 Å². The third-order valence-electron chi connectivity index (χ3n) is 2.52. The summed E-state index contributed by atoms with van der Waals surface area (Å²) in [6, 6.07) is 9.96. The molecule has 0 atom stereocenters. The van der Waals surface area contributed by atoms with Crippen molar-refractivity contribution < 1.29 is 9.63 Å². The average Bonchev–Trinajstić information content (AvgIpc) is 2.81. The molecule has 0 spiro atoms. The van der Waals surface area contributed by atoms with Crippen molar-refractivity contribution in [2.45, 2.75) is 12.8 Å². The molecule has 0 saturated carbocycles. The van der Waals surface area contributed by atoms with Gasteiger partial charge in [-0.3, -0.25) is 4.79 Å². The Balaban J connectivity index is 1.71. The summed E-state index contributed by atoms with van der Waals surface area (Å²) in [5, 5.41) is 4.76. The predicted octanol–water partition coefficient (Wildman–Crippen LogP) is 0.940. The summed E-state index contributed by atoms with van der Waals surface area (Å²) < 4.78 is 0. The van der Waals surface area contributed by atoms with Crippen molar-refractivity contribution in [1.82, 2.24) is 10.4 Å². The van der Waals surface area contributed by atoms with Gasteiger partial charge in [-0.1, -0.05) is 30.3 Å². The lowest BCUT2D eigenvalue weighted by Gasteiger charge is -2.13. The van der Waals surface area contributed by atoms with Crippen LogP contribution in [0.3, 0.4) is 0 Å². The maximum absolute atomic E-state index is 11.5. The molecule has 4 nitrogen and oxygen atoms in total. The summed E-state index contributed by atoms with van der Waals surface area (Å²) >= 11 is 0. The molecule has 1 N–H and O–H groups in total. The van der Waals surface area contributed by atoms with Gasteiger partial charge in [0.05, 0.1) is 13.1 Å². The van der Waals surface area contributed by atoms with Crippen LogP contribution in [0.1, 0.15) is 12.0 Å². The normalized spacial score (nSPS) is 16.2. The highest BCUT2D eigenvalue weighted by Gasteiger charge is 2.15. The Morgan fingerprint density at radius 3 is 2.88 bits per heavy atom. The highest BCUT2D eigenvalue weighted by Crippen LogP contribution is 2.04. The molecule has 1 aromatic carbocycles. The Morgan fingerprint density at radius 1 is 1.38 bits per heavy atom. The fourth-order valence-electron chi connectivity index (χ4n) is 1.65. The highest BCUT2D eigenvalue weighted by atomic mass is 16.7. The van der Waals surface area contributed by atoms with Gasteiger partial charge in [0.25, 0.3) is 0 Å². The zero-order valence-corrected chi connectivity index (χ0v) is 9.19. The summed E-state index contributed by atoms with van der Waals surface area (Å²) in [5.41, 5.74) is 1.17.